The van der Waals surface area contributed by atoms with Crippen molar-refractivity contribution < 1.29 is 18.3 Å². The van der Waals surface area contributed by atoms with Crippen LogP contribution in [0.1, 0.15) is 83.6 Å². The van der Waals surface area contributed by atoms with Crippen LogP contribution in [0.25, 0.3) is 0 Å². The van der Waals surface area contributed by atoms with Crippen molar-refractivity contribution in [3.63, 3.8) is 0 Å². The second-order valence-corrected chi connectivity index (χ2v) is 10.7. The van der Waals surface area contributed by atoms with E-state index >= 15 is 0 Å². The van der Waals surface area contributed by atoms with Crippen molar-refractivity contribution in [1.29, 1.82) is 0 Å². The smallest absolute Gasteiger partial charge is 0.204 e. The maximum Gasteiger partial charge on any atom is 0.204 e. The summed E-state index contributed by atoms with van der Waals surface area (Å²) in [5.41, 5.74) is 0.720. The van der Waals surface area contributed by atoms with E-state index in [-0.39, 0.29) is 17.6 Å². The van der Waals surface area contributed by atoms with Gasteiger partial charge < -0.3 is 9.47 Å². The normalized spacial score (nSPS) is 25.2. The first-order valence-electron chi connectivity index (χ1n) is 11.4. The molecular weight excluding hydrogens is 485 g/mol. The van der Waals surface area contributed by atoms with E-state index < -0.39 is 11.6 Å². The zero-order valence-electron chi connectivity index (χ0n) is 17.8. The van der Waals surface area contributed by atoms with Crippen molar-refractivity contribution in [3.8, 4) is 11.5 Å². The molecule has 164 valence electrons. The number of hydrogen-bond acceptors (Lipinski definition) is 2. The predicted octanol–water partition coefficient (Wildman–Crippen LogP) is 7.64. The van der Waals surface area contributed by atoms with E-state index in [4.69, 9.17) is 9.47 Å². The SMILES string of the molecule is CCCC(I)CCCC1CCC(COc2cc3c(c(F)c2F)OC(C)CC3)CC1. The van der Waals surface area contributed by atoms with Crippen molar-refractivity contribution in [3.05, 3.63) is 23.3 Å². The summed E-state index contributed by atoms with van der Waals surface area (Å²) in [6.45, 7) is 4.62. The van der Waals surface area contributed by atoms with Gasteiger partial charge in [-0.25, -0.2) is 0 Å². The summed E-state index contributed by atoms with van der Waals surface area (Å²) >= 11 is 2.59. The standard InChI is InChI=1S/C24H35F2IO2/c1-3-5-20(27)7-4-6-17-9-11-18(12-10-17)15-28-21-14-19-13-8-16(2)29-24(19)23(26)22(21)25/h14,16-18,20H,3-13,15H2,1-2H3. The van der Waals surface area contributed by atoms with E-state index in [0.29, 0.717) is 18.9 Å². The Morgan fingerprint density at radius 3 is 2.55 bits per heavy atom. The van der Waals surface area contributed by atoms with Crippen molar-refractivity contribution in [1.82, 2.24) is 0 Å². The van der Waals surface area contributed by atoms with Gasteiger partial charge in [0.25, 0.3) is 0 Å². The Morgan fingerprint density at radius 1 is 1.10 bits per heavy atom. The van der Waals surface area contributed by atoms with Crippen LogP contribution in [0.3, 0.4) is 0 Å². The molecule has 1 aliphatic heterocycles. The zero-order chi connectivity index (χ0) is 20.8. The number of halogens is 3. The quantitative estimate of drug-likeness (QED) is 0.246. The van der Waals surface area contributed by atoms with Gasteiger partial charge in [-0.15, -0.1) is 0 Å². The third-order valence-corrected chi connectivity index (χ3v) is 7.76. The minimum absolute atomic E-state index is 0.0468. The predicted molar refractivity (Wildman–Crippen MR) is 122 cm³/mol. The average molecular weight is 520 g/mol. The third kappa shape index (κ3) is 6.44. The lowest BCUT2D eigenvalue weighted by molar-refractivity contribution is 0.164. The summed E-state index contributed by atoms with van der Waals surface area (Å²) in [6, 6.07) is 1.64. The van der Waals surface area contributed by atoms with E-state index in [2.05, 4.69) is 29.5 Å². The van der Waals surface area contributed by atoms with Crippen LogP contribution in [0.5, 0.6) is 11.5 Å². The molecule has 1 aliphatic carbocycles. The Hall–Kier alpha value is -0.590. The monoisotopic (exact) mass is 520 g/mol. The van der Waals surface area contributed by atoms with Crippen LogP contribution in [0.15, 0.2) is 6.07 Å². The molecule has 1 aromatic rings. The molecule has 1 heterocycles. The first-order valence-corrected chi connectivity index (χ1v) is 12.7. The topological polar surface area (TPSA) is 18.5 Å². The van der Waals surface area contributed by atoms with Gasteiger partial charge in [-0.2, -0.15) is 8.78 Å². The molecule has 3 rings (SSSR count). The summed E-state index contributed by atoms with van der Waals surface area (Å²) in [4.78, 5) is 0. The molecule has 1 aromatic carbocycles. The molecule has 2 atom stereocenters. The summed E-state index contributed by atoms with van der Waals surface area (Å²) < 4.78 is 40.9. The Balaban J connectivity index is 1.43. The number of hydrogen-bond donors (Lipinski definition) is 0. The second kappa shape index (κ2) is 11.1. The number of aryl methyl sites for hydroxylation is 1. The molecule has 1 saturated carbocycles. The molecular formula is C24H35F2IO2. The first-order chi connectivity index (χ1) is 14.0. The van der Waals surface area contributed by atoms with Crippen LogP contribution in [-0.4, -0.2) is 16.6 Å². The molecule has 1 fully saturated rings. The molecule has 0 aromatic heterocycles. The highest BCUT2D eigenvalue weighted by molar-refractivity contribution is 14.1. The fourth-order valence-corrected chi connectivity index (χ4v) is 5.72. The van der Waals surface area contributed by atoms with Gasteiger partial charge in [0.15, 0.2) is 11.5 Å². The Labute approximate surface area is 188 Å². The van der Waals surface area contributed by atoms with Crippen molar-refractivity contribution in [2.75, 3.05) is 6.61 Å². The molecule has 29 heavy (non-hydrogen) atoms. The molecule has 2 aliphatic rings. The van der Waals surface area contributed by atoms with Crippen molar-refractivity contribution in [2.24, 2.45) is 11.8 Å². The molecule has 0 amide bonds. The van der Waals surface area contributed by atoms with Gasteiger partial charge in [0.2, 0.25) is 11.6 Å². The third-order valence-electron chi connectivity index (χ3n) is 6.52. The van der Waals surface area contributed by atoms with Crippen molar-refractivity contribution >= 4 is 22.6 Å². The number of fused-ring (bicyclic) bond motifs is 1. The lowest BCUT2D eigenvalue weighted by Crippen LogP contribution is -2.22. The second-order valence-electron chi connectivity index (χ2n) is 8.97. The van der Waals surface area contributed by atoms with Crippen LogP contribution >= 0.6 is 22.6 Å². The van der Waals surface area contributed by atoms with Gasteiger partial charge in [-0.05, 0) is 63.4 Å². The van der Waals surface area contributed by atoms with Gasteiger partial charge in [0, 0.05) is 9.49 Å². The lowest BCUT2D eigenvalue weighted by Gasteiger charge is -2.29. The highest BCUT2D eigenvalue weighted by Gasteiger charge is 2.27. The fourth-order valence-electron chi connectivity index (χ4n) is 4.65. The highest BCUT2D eigenvalue weighted by Crippen LogP contribution is 2.38. The fraction of sp³-hybridized carbons (Fsp3) is 0.750. The molecule has 2 nitrogen and oxygen atoms in total. The van der Waals surface area contributed by atoms with E-state index in [0.717, 1.165) is 34.7 Å². The van der Waals surface area contributed by atoms with Crippen LogP contribution in [-0.2, 0) is 6.42 Å². The van der Waals surface area contributed by atoms with Gasteiger partial charge in [0.05, 0.1) is 12.7 Å². The van der Waals surface area contributed by atoms with E-state index in [1.165, 1.54) is 44.9 Å². The van der Waals surface area contributed by atoms with E-state index in [1.807, 2.05) is 6.92 Å². The molecule has 0 saturated heterocycles. The van der Waals surface area contributed by atoms with E-state index in [9.17, 15) is 8.78 Å². The average Bonchev–Trinajstić information content (AvgIpc) is 2.71. The summed E-state index contributed by atoms with van der Waals surface area (Å²) in [6.07, 6.45) is 12.8. The highest BCUT2D eigenvalue weighted by atomic mass is 127. The van der Waals surface area contributed by atoms with Gasteiger partial charge in [0.1, 0.15) is 0 Å². The lowest BCUT2D eigenvalue weighted by atomic mass is 9.80. The first kappa shape index (κ1) is 23.1. The summed E-state index contributed by atoms with van der Waals surface area (Å²) in [7, 11) is 0. The van der Waals surface area contributed by atoms with Crippen molar-refractivity contribution in [2.45, 2.75) is 94.5 Å². The van der Waals surface area contributed by atoms with Gasteiger partial charge in [-0.3, -0.25) is 0 Å². The van der Waals surface area contributed by atoms with Crippen LogP contribution in [0, 0.1) is 23.5 Å². The minimum atomic E-state index is -0.910. The molecule has 0 bridgehead atoms. The number of alkyl halides is 1. The zero-order valence-corrected chi connectivity index (χ0v) is 20.0. The molecule has 2 unspecified atom stereocenters. The van der Waals surface area contributed by atoms with Gasteiger partial charge >= 0.3 is 0 Å². The summed E-state index contributed by atoms with van der Waals surface area (Å²) in [5.74, 6) is -0.421. The van der Waals surface area contributed by atoms with Gasteiger partial charge in [-0.1, -0.05) is 61.6 Å². The largest absolute Gasteiger partial charge is 0.490 e. The Bertz CT molecular complexity index is 659. The summed E-state index contributed by atoms with van der Waals surface area (Å²) in [5, 5.41) is 0. The molecule has 0 spiro atoms. The number of benzene rings is 1. The Morgan fingerprint density at radius 2 is 1.83 bits per heavy atom. The van der Waals surface area contributed by atoms with Crippen LogP contribution in [0.4, 0.5) is 8.78 Å². The Kier molecular flexibility index (Phi) is 8.87. The maximum absolute atomic E-state index is 14.4. The molecule has 0 N–H and O–H groups in total. The number of rotatable bonds is 9. The van der Waals surface area contributed by atoms with Crippen LogP contribution in [0.2, 0.25) is 0 Å². The molecule has 5 heteroatoms. The van der Waals surface area contributed by atoms with Crippen LogP contribution < -0.4 is 9.47 Å². The van der Waals surface area contributed by atoms with E-state index in [1.54, 1.807) is 6.07 Å². The number of ether oxygens (including phenoxy) is 2. The minimum Gasteiger partial charge on any atom is -0.490 e. The molecule has 0 radical (unpaired) electrons. The maximum atomic E-state index is 14.4.